The Morgan fingerprint density at radius 3 is 2.67 bits per heavy atom. The van der Waals surface area contributed by atoms with Gasteiger partial charge in [0, 0.05) is 12.4 Å². The third-order valence-corrected chi connectivity index (χ3v) is 3.97. The zero-order valence-electron chi connectivity index (χ0n) is 12.4. The molecule has 0 amide bonds. The van der Waals surface area contributed by atoms with Crippen molar-refractivity contribution in [2.45, 2.75) is 5.92 Å². The highest BCUT2D eigenvalue weighted by molar-refractivity contribution is 5.78. The third-order valence-electron chi connectivity index (χ3n) is 3.97. The lowest BCUT2D eigenvalue weighted by atomic mass is 9.88. The van der Waals surface area contributed by atoms with Crippen LogP contribution in [0, 0.1) is 11.3 Å². The molecule has 0 spiro atoms. The van der Waals surface area contributed by atoms with Gasteiger partial charge < -0.3 is 14.9 Å². The third kappa shape index (κ3) is 1.96. The lowest BCUT2D eigenvalue weighted by Gasteiger charge is -2.24. The maximum atomic E-state index is 12.7. The van der Waals surface area contributed by atoms with E-state index in [1.165, 1.54) is 0 Å². The average molecular weight is 317 g/mol. The summed E-state index contributed by atoms with van der Waals surface area (Å²) in [4.78, 5) is 16.7. The highest BCUT2D eigenvalue weighted by Gasteiger charge is 2.35. The molecular weight excluding hydrogens is 306 g/mol. The molecular formula is C18H11N3O3. The van der Waals surface area contributed by atoms with Crippen molar-refractivity contribution in [1.82, 2.24) is 4.98 Å². The summed E-state index contributed by atoms with van der Waals surface area (Å²) in [5.74, 6) is -0.406. The number of benzene rings is 1. The van der Waals surface area contributed by atoms with Crippen LogP contribution < -0.4 is 15.9 Å². The maximum Gasteiger partial charge on any atom is 0.235 e. The molecule has 1 aromatic carbocycles. The van der Waals surface area contributed by atoms with Crippen molar-refractivity contribution in [3.8, 4) is 11.8 Å². The molecule has 0 fully saturated rings. The molecule has 0 bridgehead atoms. The highest BCUT2D eigenvalue weighted by Crippen LogP contribution is 2.41. The largest absolute Gasteiger partial charge is 0.456 e. The summed E-state index contributed by atoms with van der Waals surface area (Å²) in [6, 6.07) is 12.4. The van der Waals surface area contributed by atoms with Crippen molar-refractivity contribution in [2.24, 2.45) is 5.73 Å². The number of fused-ring (bicyclic) bond motifs is 2. The van der Waals surface area contributed by atoms with Crippen LogP contribution in [0.4, 0.5) is 0 Å². The monoisotopic (exact) mass is 317 g/mol. The van der Waals surface area contributed by atoms with E-state index in [-0.39, 0.29) is 28.4 Å². The summed E-state index contributed by atoms with van der Waals surface area (Å²) in [6.07, 6.45) is 3.21. The van der Waals surface area contributed by atoms with Crippen molar-refractivity contribution in [1.29, 1.82) is 5.26 Å². The Morgan fingerprint density at radius 2 is 1.92 bits per heavy atom. The minimum Gasteiger partial charge on any atom is -0.456 e. The summed E-state index contributed by atoms with van der Waals surface area (Å²) < 4.78 is 11.4. The summed E-state index contributed by atoms with van der Waals surface area (Å²) in [6.45, 7) is 0. The van der Waals surface area contributed by atoms with Gasteiger partial charge in [-0.05, 0) is 29.8 Å². The normalized spacial score (nSPS) is 16.4. The van der Waals surface area contributed by atoms with E-state index in [0.717, 1.165) is 5.56 Å². The van der Waals surface area contributed by atoms with Gasteiger partial charge in [0.15, 0.2) is 5.76 Å². The van der Waals surface area contributed by atoms with E-state index in [0.29, 0.717) is 11.0 Å². The van der Waals surface area contributed by atoms with E-state index in [4.69, 9.17) is 14.9 Å². The van der Waals surface area contributed by atoms with Crippen LogP contribution in [0.5, 0.6) is 5.75 Å². The smallest absolute Gasteiger partial charge is 0.235 e. The fourth-order valence-electron chi connectivity index (χ4n) is 2.86. The second-order valence-corrected chi connectivity index (χ2v) is 5.33. The van der Waals surface area contributed by atoms with Crippen LogP contribution in [-0.2, 0) is 0 Å². The summed E-state index contributed by atoms with van der Waals surface area (Å²) in [5.41, 5.74) is 6.95. The Hall–Kier alpha value is -3.59. The number of nitrogens with two attached hydrogens (primary N) is 1. The van der Waals surface area contributed by atoms with Gasteiger partial charge in [-0.3, -0.25) is 9.78 Å². The summed E-state index contributed by atoms with van der Waals surface area (Å²) >= 11 is 0. The molecule has 1 aliphatic rings. The van der Waals surface area contributed by atoms with Crippen molar-refractivity contribution in [3.05, 3.63) is 81.8 Å². The van der Waals surface area contributed by atoms with Gasteiger partial charge in [0.05, 0.1) is 11.3 Å². The number of nitrogens with zero attached hydrogens (tertiary/aromatic N) is 2. The highest BCUT2D eigenvalue weighted by atomic mass is 16.5. The van der Waals surface area contributed by atoms with Crippen molar-refractivity contribution < 1.29 is 9.15 Å². The first-order valence-corrected chi connectivity index (χ1v) is 7.24. The van der Waals surface area contributed by atoms with Crippen LogP contribution in [0.2, 0.25) is 0 Å². The number of aromatic nitrogens is 1. The number of nitriles is 1. The first-order valence-electron chi connectivity index (χ1n) is 7.24. The zero-order chi connectivity index (χ0) is 16.7. The Morgan fingerprint density at radius 1 is 1.17 bits per heavy atom. The molecule has 4 rings (SSSR count). The molecule has 2 aromatic heterocycles. The van der Waals surface area contributed by atoms with Gasteiger partial charge in [-0.15, -0.1) is 0 Å². The zero-order valence-corrected chi connectivity index (χ0v) is 12.4. The number of hydrogen-bond acceptors (Lipinski definition) is 6. The first-order chi connectivity index (χ1) is 11.7. The molecule has 1 unspecified atom stereocenters. The Labute approximate surface area is 136 Å². The molecule has 24 heavy (non-hydrogen) atoms. The topological polar surface area (TPSA) is 102 Å². The Balaban J connectivity index is 2.08. The standard InChI is InChI=1S/C18H11N3O3/c19-9-12-14(10-5-7-21-8-6-10)16-17(24-18(12)20)15(22)11-3-1-2-4-13(11)23-16/h1-8,14H,20H2. The lowest BCUT2D eigenvalue weighted by Crippen LogP contribution is -2.25. The fourth-order valence-corrected chi connectivity index (χ4v) is 2.86. The van der Waals surface area contributed by atoms with E-state index in [9.17, 15) is 10.1 Å². The van der Waals surface area contributed by atoms with Gasteiger partial charge in [0.1, 0.15) is 17.2 Å². The number of ether oxygens (including phenoxy) is 1. The molecule has 2 N–H and O–H groups in total. The predicted molar refractivity (Wildman–Crippen MR) is 86.0 cm³/mol. The van der Waals surface area contributed by atoms with Crippen molar-refractivity contribution >= 4 is 11.0 Å². The van der Waals surface area contributed by atoms with Gasteiger partial charge in [-0.1, -0.05) is 12.1 Å². The summed E-state index contributed by atoms with van der Waals surface area (Å²) in [5, 5.41) is 9.90. The molecule has 0 saturated carbocycles. The average Bonchev–Trinajstić information content (AvgIpc) is 2.62. The summed E-state index contributed by atoms with van der Waals surface area (Å²) in [7, 11) is 0. The van der Waals surface area contributed by atoms with E-state index >= 15 is 0 Å². The van der Waals surface area contributed by atoms with Gasteiger partial charge >= 0.3 is 0 Å². The molecule has 116 valence electrons. The van der Waals surface area contributed by atoms with Crippen LogP contribution >= 0.6 is 0 Å². The molecule has 3 aromatic rings. The van der Waals surface area contributed by atoms with Crippen LogP contribution in [0.3, 0.4) is 0 Å². The van der Waals surface area contributed by atoms with E-state index in [1.54, 1.807) is 48.8 Å². The molecule has 6 nitrogen and oxygen atoms in total. The van der Waals surface area contributed by atoms with Gasteiger partial charge in [-0.25, -0.2) is 0 Å². The molecule has 3 heterocycles. The van der Waals surface area contributed by atoms with Gasteiger partial charge in [-0.2, -0.15) is 5.26 Å². The molecule has 1 atom stereocenters. The second kappa shape index (κ2) is 5.25. The second-order valence-electron chi connectivity index (χ2n) is 5.33. The number of rotatable bonds is 1. The quantitative estimate of drug-likeness (QED) is 0.739. The SMILES string of the molecule is N#CC1=C(N)Oc2c(oc3ccccc3c2=O)C1c1ccncc1. The van der Waals surface area contributed by atoms with E-state index < -0.39 is 5.92 Å². The number of allylic oxidation sites excluding steroid dienone is 1. The predicted octanol–water partition coefficient (Wildman–Crippen LogP) is 2.41. The lowest BCUT2D eigenvalue weighted by molar-refractivity contribution is 0.354. The van der Waals surface area contributed by atoms with Crippen molar-refractivity contribution in [3.63, 3.8) is 0 Å². The van der Waals surface area contributed by atoms with Crippen LogP contribution in [0.25, 0.3) is 11.0 Å². The molecule has 1 aliphatic heterocycles. The number of para-hydroxylation sites is 1. The Kier molecular flexibility index (Phi) is 3.07. The number of pyridine rings is 1. The molecule has 0 radical (unpaired) electrons. The molecule has 0 saturated heterocycles. The fraction of sp³-hybridized carbons (Fsp3) is 0.0556. The molecule has 0 aliphatic carbocycles. The minimum atomic E-state index is -0.612. The van der Waals surface area contributed by atoms with Gasteiger partial charge in [0.2, 0.25) is 17.1 Å². The van der Waals surface area contributed by atoms with E-state index in [2.05, 4.69) is 11.1 Å². The van der Waals surface area contributed by atoms with Crippen LogP contribution in [0.15, 0.2) is 69.5 Å². The number of hydrogen-bond donors (Lipinski definition) is 1. The first kappa shape index (κ1) is 14.0. The van der Waals surface area contributed by atoms with Crippen LogP contribution in [0.1, 0.15) is 17.2 Å². The maximum absolute atomic E-state index is 12.7. The Bertz CT molecular complexity index is 1080. The van der Waals surface area contributed by atoms with Crippen LogP contribution in [-0.4, -0.2) is 4.98 Å². The minimum absolute atomic E-state index is 0.0204. The van der Waals surface area contributed by atoms with Gasteiger partial charge in [0.25, 0.3) is 0 Å². The van der Waals surface area contributed by atoms with E-state index in [1.807, 2.05) is 0 Å². The molecule has 6 heteroatoms. The van der Waals surface area contributed by atoms with Crippen molar-refractivity contribution in [2.75, 3.05) is 0 Å².